The van der Waals surface area contributed by atoms with Crippen LogP contribution in [0.5, 0.6) is 11.5 Å². The SMILES string of the molecule is C=CCc1cccc(C(=O)C(=O)c2cc3c(c(CC=C)c2CC=C)O3)c1CC=C. The van der Waals surface area contributed by atoms with Gasteiger partial charge in [-0.05, 0) is 48.4 Å². The van der Waals surface area contributed by atoms with Crippen LogP contribution in [0.15, 0.2) is 74.9 Å². The van der Waals surface area contributed by atoms with E-state index in [-0.39, 0.29) is 0 Å². The maximum absolute atomic E-state index is 13.3. The minimum atomic E-state index is -0.536. The van der Waals surface area contributed by atoms with Gasteiger partial charge in [0.1, 0.15) is 0 Å². The lowest BCUT2D eigenvalue weighted by Crippen LogP contribution is -2.19. The van der Waals surface area contributed by atoms with E-state index in [1.165, 1.54) is 0 Å². The summed E-state index contributed by atoms with van der Waals surface area (Å²) in [5.74, 6) is 0.373. The monoisotopic (exact) mass is 384 g/mol. The number of allylic oxidation sites excluding steroid dienone is 4. The van der Waals surface area contributed by atoms with E-state index in [0.717, 1.165) is 28.0 Å². The van der Waals surface area contributed by atoms with Crippen molar-refractivity contribution in [3.8, 4) is 11.5 Å². The van der Waals surface area contributed by atoms with Crippen LogP contribution < -0.4 is 4.74 Å². The molecule has 0 spiro atoms. The van der Waals surface area contributed by atoms with Crippen molar-refractivity contribution in [1.29, 1.82) is 0 Å². The van der Waals surface area contributed by atoms with Crippen molar-refractivity contribution in [1.82, 2.24) is 0 Å². The van der Waals surface area contributed by atoms with Crippen molar-refractivity contribution in [2.24, 2.45) is 0 Å². The summed E-state index contributed by atoms with van der Waals surface area (Å²) in [5, 5.41) is 0. The molecule has 0 saturated heterocycles. The number of ether oxygens (including phenoxy) is 1. The van der Waals surface area contributed by atoms with Gasteiger partial charge < -0.3 is 4.74 Å². The van der Waals surface area contributed by atoms with Gasteiger partial charge in [-0.3, -0.25) is 9.59 Å². The molecule has 0 N–H and O–H groups in total. The molecule has 0 unspecified atom stereocenters. The van der Waals surface area contributed by atoms with E-state index in [2.05, 4.69) is 26.3 Å². The third kappa shape index (κ3) is 3.90. The highest BCUT2D eigenvalue weighted by Gasteiger charge is 2.33. The van der Waals surface area contributed by atoms with E-state index < -0.39 is 11.6 Å². The Morgan fingerprint density at radius 2 is 1.34 bits per heavy atom. The van der Waals surface area contributed by atoms with E-state index in [0.29, 0.717) is 42.6 Å². The van der Waals surface area contributed by atoms with Crippen LogP contribution in [0.1, 0.15) is 43.0 Å². The Labute approximate surface area is 171 Å². The molecule has 0 aromatic heterocycles. The Kier molecular flexibility index (Phi) is 6.08. The lowest BCUT2D eigenvalue weighted by atomic mass is 9.88. The highest BCUT2D eigenvalue weighted by molar-refractivity contribution is 6.50. The number of Topliss-reactive ketones (excluding diaryl/α,β-unsaturated/α-hetero) is 2. The van der Waals surface area contributed by atoms with Crippen molar-refractivity contribution in [3.63, 3.8) is 0 Å². The highest BCUT2D eigenvalue weighted by Crippen LogP contribution is 2.51. The molecule has 3 rings (SSSR count). The molecule has 1 heterocycles. The second-order valence-corrected chi connectivity index (χ2v) is 6.88. The molecule has 0 fully saturated rings. The number of benzene rings is 2. The molecule has 146 valence electrons. The second-order valence-electron chi connectivity index (χ2n) is 6.88. The van der Waals surface area contributed by atoms with Crippen LogP contribution in [0.2, 0.25) is 0 Å². The fourth-order valence-corrected chi connectivity index (χ4v) is 3.67. The number of fused-ring (bicyclic) bond motifs is 1. The first-order valence-corrected chi connectivity index (χ1v) is 9.57. The van der Waals surface area contributed by atoms with Crippen LogP contribution in [0.25, 0.3) is 0 Å². The van der Waals surface area contributed by atoms with Crippen LogP contribution >= 0.6 is 0 Å². The van der Waals surface area contributed by atoms with Crippen molar-refractivity contribution in [2.45, 2.75) is 25.7 Å². The number of ketones is 2. The molecule has 0 amide bonds. The summed E-state index contributed by atoms with van der Waals surface area (Å²) >= 11 is 0. The van der Waals surface area contributed by atoms with Gasteiger partial charge in [0.25, 0.3) is 0 Å². The van der Waals surface area contributed by atoms with E-state index in [9.17, 15) is 9.59 Å². The van der Waals surface area contributed by atoms with Crippen molar-refractivity contribution in [3.05, 3.63) is 108 Å². The maximum Gasteiger partial charge on any atom is 0.233 e. The average molecular weight is 384 g/mol. The predicted octanol–water partition coefficient (Wildman–Crippen LogP) is 5.77. The molecule has 3 heteroatoms. The molecule has 2 aromatic rings. The topological polar surface area (TPSA) is 46.7 Å². The third-order valence-corrected chi connectivity index (χ3v) is 5.01. The summed E-state index contributed by atoms with van der Waals surface area (Å²) in [6.07, 6.45) is 9.19. The fraction of sp³-hybridized carbons (Fsp3) is 0.154. The Bertz CT molecular complexity index is 1040. The Balaban J connectivity index is 2.09. The zero-order valence-corrected chi connectivity index (χ0v) is 16.5. The zero-order chi connectivity index (χ0) is 21.0. The first-order chi connectivity index (χ1) is 14.1. The number of hydrogen-bond acceptors (Lipinski definition) is 3. The number of hydrogen-bond donors (Lipinski definition) is 0. The van der Waals surface area contributed by atoms with E-state index in [1.807, 2.05) is 6.07 Å². The first-order valence-electron chi connectivity index (χ1n) is 9.57. The molecule has 29 heavy (non-hydrogen) atoms. The normalized spacial score (nSPS) is 11.0. The van der Waals surface area contributed by atoms with Gasteiger partial charge >= 0.3 is 0 Å². The molecule has 0 aliphatic carbocycles. The molecule has 3 nitrogen and oxygen atoms in total. The minimum Gasteiger partial charge on any atom is -0.449 e. The molecule has 0 radical (unpaired) electrons. The van der Waals surface area contributed by atoms with Gasteiger partial charge in [0.2, 0.25) is 11.6 Å². The Morgan fingerprint density at radius 3 is 2.00 bits per heavy atom. The van der Waals surface area contributed by atoms with Gasteiger partial charge in [0.05, 0.1) is 0 Å². The van der Waals surface area contributed by atoms with E-state index >= 15 is 0 Å². The van der Waals surface area contributed by atoms with Gasteiger partial charge in [0.15, 0.2) is 11.5 Å². The standard InChI is InChI=1S/C26H24O3/c1-5-10-17-14-9-15-20(18(17)11-6-2)24(27)25(28)22-16-23-26(29-23)21(13-8-4)19(22)12-7-3/h5-9,14-16H,1-4,10-13H2. The fourth-order valence-electron chi connectivity index (χ4n) is 3.67. The molecule has 1 aliphatic rings. The molecule has 0 saturated carbocycles. The number of carbonyl (C=O) groups is 2. The molecule has 0 bridgehead atoms. The lowest BCUT2D eigenvalue weighted by molar-refractivity contribution is 0.0816. The number of rotatable bonds is 11. The van der Waals surface area contributed by atoms with Crippen LogP contribution in [0.4, 0.5) is 0 Å². The van der Waals surface area contributed by atoms with Crippen LogP contribution in [0.3, 0.4) is 0 Å². The van der Waals surface area contributed by atoms with Crippen LogP contribution in [-0.4, -0.2) is 11.6 Å². The Hall–Kier alpha value is -3.46. The van der Waals surface area contributed by atoms with Gasteiger partial charge in [-0.1, -0.05) is 42.5 Å². The molecular formula is C26H24O3. The zero-order valence-electron chi connectivity index (χ0n) is 16.5. The quantitative estimate of drug-likeness (QED) is 0.182. The summed E-state index contributed by atoms with van der Waals surface area (Å²) in [6, 6.07) is 7.12. The second kappa shape index (κ2) is 8.70. The lowest BCUT2D eigenvalue weighted by Gasteiger charge is -2.13. The smallest absolute Gasteiger partial charge is 0.233 e. The first kappa shape index (κ1) is 20.3. The van der Waals surface area contributed by atoms with Gasteiger partial charge in [0, 0.05) is 16.7 Å². The minimum absolute atomic E-state index is 0.377. The number of carbonyl (C=O) groups excluding carboxylic acids is 2. The van der Waals surface area contributed by atoms with Crippen LogP contribution in [-0.2, 0) is 25.7 Å². The maximum atomic E-state index is 13.3. The molecule has 1 aliphatic heterocycles. The summed E-state index contributed by atoms with van der Waals surface area (Å²) in [6.45, 7) is 15.2. The highest BCUT2D eigenvalue weighted by atomic mass is 16.6. The van der Waals surface area contributed by atoms with E-state index in [4.69, 9.17) is 4.74 Å². The van der Waals surface area contributed by atoms with Crippen molar-refractivity contribution in [2.75, 3.05) is 0 Å². The third-order valence-electron chi connectivity index (χ3n) is 5.01. The molecule has 0 atom stereocenters. The van der Waals surface area contributed by atoms with Gasteiger partial charge in [-0.25, -0.2) is 0 Å². The largest absolute Gasteiger partial charge is 0.449 e. The van der Waals surface area contributed by atoms with Crippen molar-refractivity contribution >= 4 is 11.6 Å². The average Bonchev–Trinajstić information content (AvgIpc) is 3.50. The van der Waals surface area contributed by atoms with E-state index in [1.54, 1.807) is 42.5 Å². The Morgan fingerprint density at radius 1 is 0.759 bits per heavy atom. The summed E-state index contributed by atoms with van der Waals surface area (Å²) in [4.78, 5) is 26.5. The van der Waals surface area contributed by atoms with Crippen molar-refractivity contribution < 1.29 is 14.3 Å². The molecular weight excluding hydrogens is 360 g/mol. The van der Waals surface area contributed by atoms with Gasteiger partial charge in [-0.15, -0.1) is 26.3 Å². The summed E-state index contributed by atoms with van der Waals surface area (Å²) in [7, 11) is 0. The van der Waals surface area contributed by atoms with Crippen LogP contribution in [0, 0.1) is 0 Å². The predicted molar refractivity (Wildman–Crippen MR) is 117 cm³/mol. The summed E-state index contributed by atoms with van der Waals surface area (Å²) < 4.78 is 5.53. The summed E-state index contributed by atoms with van der Waals surface area (Å²) in [5.41, 5.74) is 4.26. The molecule has 2 aromatic carbocycles. The van der Waals surface area contributed by atoms with Gasteiger partial charge in [-0.2, -0.15) is 0 Å².